The monoisotopic (exact) mass is 1060 g/mol. The van der Waals surface area contributed by atoms with Gasteiger partial charge < -0.3 is 0 Å². The smallest absolute Gasteiger partial charge is 0.128 e. The zero-order chi connectivity index (χ0) is 54.4. The molecule has 0 aromatic carbocycles. The van der Waals surface area contributed by atoms with Gasteiger partial charge in [-0.3, -0.25) is 0 Å². The van der Waals surface area contributed by atoms with Crippen LogP contribution in [0.3, 0.4) is 0 Å². The van der Waals surface area contributed by atoms with E-state index in [0.29, 0.717) is 0 Å². The summed E-state index contributed by atoms with van der Waals surface area (Å²) in [7, 11) is 0. The maximum atomic E-state index is 5.42. The van der Waals surface area contributed by atoms with Crippen LogP contribution in [-0.2, 0) is 25.7 Å². The molecule has 0 fully saturated rings. The molecule has 1 rings (SSSR count). The third-order valence-electron chi connectivity index (χ3n) is 17.8. The average molecular weight is 1060 g/mol. The summed E-state index contributed by atoms with van der Waals surface area (Å²) >= 11 is 0. The topological polar surface area (TPSA) is 25.8 Å². The average Bonchev–Trinajstić information content (AvgIpc) is 3.43. The van der Waals surface area contributed by atoms with Crippen molar-refractivity contribution >= 4 is 0 Å². The zero-order valence-electron chi connectivity index (χ0n) is 53.6. The van der Waals surface area contributed by atoms with Crippen LogP contribution in [0.4, 0.5) is 0 Å². The van der Waals surface area contributed by atoms with Crippen molar-refractivity contribution in [3.05, 3.63) is 22.8 Å². The van der Waals surface area contributed by atoms with Gasteiger partial charge in [-0.1, -0.05) is 400 Å². The van der Waals surface area contributed by atoms with E-state index >= 15 is 0 Å². The quantitative estimate of drug-likeness (QED) is 0.0608. The summed E-state index contributed by atoms with van der Waals surface area (Å²) in [6.07, 6.45) is 93.9. The highest BCUT2D eigenvalue weighted by Crippen LogP contribution is 2.24. The van der Waals surface area contributed by atoms with E-state index in [1.165, 1.54) is 435 Å². The molecule has 2 heteroatoms. The highest BCUT2D eigenvalue weighted by molar-refractivity contribution is 5.27. The van der Waals surface area contributed by atoms with Crippen LogP contribution in [0.1, 0.15) is 449 Å². The minimum atomic E-state index is 1.06. The summed E-state index contributed by atoms with van der Waals surface area (Å²) in [6, 6.07) is 0. The lowest BCUT2D eigenvalue weighted by molar-refractivity contribution is 0.520. The molecule has 0 aliphatic carbocycles. The lowest BCUT2D eigenvalue weighted by Crippen LogP contribution is -2.11. The number of aryl methyl sites for hydroxylation is 3. The summed E-state index contributed by atoms with van der Waals surface area (Å²) in [5.41, 5.74) is 4.52. The van der Waals surface area contributed by atoms with E-state index in [1.807, 2.05) is 0 Å². The van der Waals surface area contributed by atoms with Gasteiger partial charge in [-0.25, -0.2) is 9.97 Å². The van der Waals surface area contributed by atoms with Gasteiger partial charge in [0.2, 0.25) is 0 Å². The van der Waals surface area contributed by atoms with Crippen molar-refractivity contribution in [3.63, 3.8) is 0 Å². The van der Waals surface area contributed by atoms with E-state index in [-0.39, 0.29) is 0 Å². The largest absolute Gasteiger partial charge is 0.238 e. The first-order valence-corrected chi connectivity index (χ1v) is 36.6. The maximum absolute atomic E-state index is 5.42. The summed E-state index contributed by atoms with van der Waals surface area (Å²) in [5, 5.41) is 0. The van der Waals surface area contributed by atoms with Crippen LogP contribution in [-0.4, -0.2) is 9.97 Å². The Morgan fingerprint density at radius 1 is 0.158 bits per heavy atom. The van der Waals surface area contributed by atoms with Crippen molar-refractivity contribution in [3.8, 4) is 0 Å². The molecule has 0 bridgehead atoms. The second kappa shape index (κ2) is 63.3. The molecule has 0 saturated heterocycles. The van der Waals surface area contributed by atoms with Gasteiger partial charge in [-0.15, -0.1) is 0 Å². The van der Waals surface area contributed by atoms with Gasteiger partial charge in [0.25, 0.3) is 0 Å². The molecule has 0 amide bonds. The van der Waals surface area contributed by atoms with Gasteiger partial charge >= 0.3 is 0 Å². The van der Waals surface area contributed by atoms with E-state index in [1.54, 1.807) is 5.56 Å². The lowest BCUT2D eigenvalue weighted by Gasteiger charge is -2.16. The predicted molar refractivity (Wildman–Crippen MR) is 346 cm³/mol. The van der Waals surface area contributed by atoms with Crippen molar-refractivity contribution in [2.24, 2.45) is 0 Å². The Kier molecular flexibility index (Phi) is 60.8. The molecule has 1 aromatic heterocycles. The maximum Gasteiger partial charge on any atom is 0.128 e. The number of hydrogen-bond acceptors (Lipinski definition) is 2. The first-order valence-electron chi connectivity index (χ1n) is 36.6. The van der Waals surface area contributed by atoms with Crippen LogP contribution >= 0.6 is 0 Å². The van der Waals surface area contributed by atoms with Crippen LogP contribution in [0.5, 0.6) is 0 Å². The van der Waals surface area contributed by atoms with Crippen molar-refractivity contribution in [1.82, 2.24) is 9.97 Å². The summed E-state index contributed by atoms with van der Waals surface area (Å²) in [6.45, 7) is 9.29. The molecule has 0 atom stereocenters. The zero-order valence-corrected chi connectivity index (χ0v) is 53.6. The summed E-state index contributed by atoms with van der Waals surface area (Å²) in [5.74, 6) is 1.17. The molecule has 0 radical (unpaired) electrons. The van der Waals surface area contributed by atoms with E-state index in [2.05, 4.69) is 27.7 Å². The number of nitrogens with zero attached hydrogens (tertiary/aromatic N) is 2. The lowest BCUT2D eigenvalue weighted by atomic mass is 9.96. The van der Waals surface area contributed by atoms with Crippen LogP contribution in [0, 0.1) is 0 Å². The van der Waals surface area contributed by atoms with Crippen LogP contribution in [0.25, 0.3) is 0 Å². The molecule has 0 N–H and O–H groups in total. The van der Waals surface area contributed by atoms with E-state index in [0.717, 1.165) is 6.42 Å². The number of hydrogen-bond donors (Lipinski definition) is 0. The van der Waals surface area contributed by atoms with Crippen LogP contribution in [0.2, 0.25) is 0 Å². The van der Waals surface area contributed by atoms with Crippen molar-refractivity contribution in [1.29, 1.82) is 0 Å². The standard InChI is InChI=1S/C74H144N2/c1-5-9-13-16-19-22-25-28-31-34-37-40-43-46-49-52-55-58-61-64-67-71-72(68-65-62-59-56-53-50-47-44-41-38-35-32-29-26-23-20-17-14-10-6-2)75-74(70-12-8-4)76-73(71)69-66-63-60-57-54-51-48-45-42-39-36-33-30-27-24-21-18-15-11-7-3/h5-70H2,1-4H3. The Balaban J connectivity index is 2.45. The van der Waals surface area contributed by atoms with E-state index in [9.17, 15) is 0 Å². The minimum Gasteiger partial charge on any atom is -0.238 e. The molecule has 450 valence electrons. The van der Waals surface area contributed by atoms with Gasteiger partial charge in [0.1, 0.15) is 5.82 Å². The second-order valence-corrected chi connectivity index (χ2v) is 25.5. The first-order chi connectivity index (χ1) is 37.8. The molecule has 0 spiro atoms. The normalized spacial score (nSPS) is 11.7. The molecule has 1 aromatic rings. The Hall–Kier alpha value is -0.920. The van der Waals surface area contributed by atoms with Crippen LogP contribution in [0.15, 0.2) is 0 Å². The fraction of sp³-hybridized carbons (Fsp3) is 0.946. The molecular weight excluding hydrogens is 917 g/mol. The van der Waals surface area contributed by atoms with Crippen molar-refractivity contribution in [2.45, 2.75) is 451 Å². The van der Waals surface area contributed by atoms with Gasteiger partial charge in [0.05, 0.1) is 0 Å². The Labute approximate surface area is 481 Å². The molecule has 0 saturated carbocycles. The van der Waals surface area contributed by atoms with E-state index < -0.39 is 0 Å². The molecule has 76 heavy (non-hydrogen) atoms. The van der Waals surface area contributed by atoms with Gasteiger partial charge in [-0.05, 0) is 50.5 Å². The highest BCUT2D eigenvalue weighted by Gasteiger charge is 2.15. The third kappa shape index (κ3) is 52.5. The Morgan fingerprint density at radius 2 is 0.316 bits per heavy atom. The minimum absolute atomic E-state index is 1.06. The third-order valence-corrected chi connectivity index (χ3v) is 17.8. The molecule has 1 heterocycles. The predicted octanol–water partition coefficient (Wildman–Crippen LogP) is 26.9. The molecular formula is C74H144N2. The Morgan fingerprint density at radius 3 is 0.500 bits per heavy atom. The van der Waals surface area contributed by atoms with Gasteiger partial charge in [-0.2, -0.15) is 0 Å². The number of unbranched alkanes of at least 4 members (excludes halogenated alkanes) is 58. The van der Waals surface area contributed by atoms with E-state index in [4.69, 9.17) is 9.97 Å². The fourth-order valence-electron chi connectivity index (χ4n) is 12.4. The molecule has 0 unspecified atom stereocenters. The molecule has 0 aliphatic rings. The molecule has 0 aliphatic heterocycles. The van der Waals surface area contributed by atoms with Gasteiger partial charge in [0.15, 0.2) is 0 Å². The summed E-state index contributed by atoms with van der Waals surface area (Å²) < 4.78 is 0. The SMILES string of the molecule is CCCCCCCCCCCCCCCCCCCCCCc1nc(CCCC)nc(CCCCCCCCCCCCCCCCCCCCCC)c1CCCCCCCCCCCCCCCCCCCCCC. The van der Waals surface area contributed by atoms with Crippen LogP contribution < -0.4 is 0 Å². The second-order valence-electron chi connectivity index (χ2n) is 25.5. The van der Waals surface area contributed by atoms with Crippen molar-refractivity contribution < 1.29 is 0 Å². The Bertz CT molecular complexity index is 1160. The number of aromatic nitrogens is 2. The van der Waals surface area contributed by atoms with Gasteiger partial charge in [0, 0.05) is 17.8 Å². The summed E-state index contributed by atoms with van der Waals surface area (Å²) in [4.78, 5) is 10.8. The molecule has 2 nitrogen and oxygen atoms in total. The highest BCUT2D eigenvalue weighted by atomic mass is 14.9. The fourth-order valence-corrected chi connectivity index (χ4v) is 12.4. The first kappa shape index (κ1) is 73.1. The van der Waals surface area contributed by atoms with Crippen molar-refractivity contribution in [2.75, 3.05) is 0 Å². The number of rotatable bonds is 66.